The van der Waals surface area contributed by atoms with Gasteiger partial charge in [-0.25, -0.2) is 10.1 Å². The molecule has 2 fully saturated rings. The van der Waals surface area contributed by atoms with E-state index in [4.69, 9.17) is 21.8 Å². The van der Waals surface area contributed by atoms with Crippen molar-refractivity contribution in [3.8, 4) is 6.07 Å². The molecule has 0 bridgehead atoms. The van der Waals surface area contributed by atoms with E-state index in [9.17, 15) is 9.59 Å². The van der Waals surface area contributed by atoms with Crippen LogP contribution in [0.3, 0.4) is 0 Å². The van der Waals surface area contributed by atoms with Gasteiger partial charge in [-0.05, 0) is 43.6 Å². The van der Waals surface area contributed by atoms with Crippen molar-refractivity contribution in [3.05, 3.63) is 46.4 Å². The van der Waals surface area contributed by atoms with Crippen LogP contribution in [0.2, 0.25) is 0 Å². The molecule has 0 unspecified atom stereocenters. The summed E-state index contributed by atoms with van der Waals surface area (Å²) in [4.78, 5) is 40.0. The Hall–Kier alpha value is -4.77. The van der Waals surface area contributed by atoms with Gasteiger partial charge >= 0.3 is 0 Å². The molecular formula is C26H32N12O2. The summed E-state index contributed by atoms with van der Waals surface area (Å²) in [5.41, 5.74) is 7.86. The average Bonchev–Trinajstić information content (AvgIpc) is 2.98. The van der Waals surface area contributed by atoms with Crippen molar-refractivity contribution >= 4 is 40.1 Å². The lowest BCUT2D eigenvalue weighted by atomic mass is 9.95. The Morgan fingerprint density at radius 2 is 1.85 bits per heavy atom. The van der Waals surface area contributed by atoms with Crippen LogP contribution in [0.25, 0.3) is 10.9 Å². The van der Waals surface area contributed by atoms with Gasteiger partial charge in [0.25, 0.3) is 5.56 Å². The molecule has 5 rings (SSSR count). The molecule has 2 aromatic heterocycles. The van der Waals surface area contributed by atoms with E-state index in [-0.39, 0.29) is 23.8 Å². The minimum absolute atomic E-state index is 0.133. The molecule has 208 valence electrons. The van der Waals surface area contributed by atoms with Crippen molar-refractivity contribution in [2.75, 3.05) is 49.5 Å². The summed E-state index contributed by atoms with van der Waals surface area (Å²) in [5.74, 6) is 6.73. The zero-order valence-electron chi connectivity index (χ0n) is 22.1. The fourth-order valence-electron chi connectivity index (χ4n) is 5.14. The molecule has 1 aromatic carbocycles. The highest BCUT2D eigenvalue weighted by Gasteiger charge is 2.24. The topological polar surface area (TPSA) is 199 Å². The number of benzene rings is 1. The quantitative estimate of drug-likeness (QED) is 0.139. The number of aromatic amines is 1. The summed E-state index contributed by atoms with van der Waals surface area (Å²) in [6.07, 6.45) is 3.23. The average molecular weight is 545 g/mol. The number of carbonyl (C=O) groups is 1. The normalized spacial score (nSPS) is 17.1. The first-order chi connectivity index (χ1) is 19.4. The molecule has 0 saturated carbocycles. The Morgan fingerprint density at radius 1 is 1.12 bits per heavy atom. The summed E-state index contributed by atoms with van der Waals surface area (Å²) in [6, 6.07) is 9.93. The van der Waals surface area contributed by atoms with E-state index in [1.807, 2.05) is 23.1 Å². The number of carbonyl (C=O) groups excluding carboxylic acids is 1. The molecule has 14 heteroatoms. The molecule has 14 nitrogen and oxygen atoms in total. The maximum atomic E-state index is 12.7. The van der Waals surface area contributed by atoms with E-state index in [1.165, 1.54) is 11.8 Å². The van der Waals surface area contributed by atoms with E-state index in [2.05, 4.69) is 42.6 Å². The summed E-state index contributed by atoms with van der Waals surface area (Å²) in [5, 5.41) is 22.4. The van der Waals surface area contributed by atoms with E-state index in [1.54, 1.807) is 4.90 Å². The number of anilines is 3. The van der Waals surface area contributed by atoms with Gasteiger partial charge in [0, 0.05) is 44.3 Å². The number of H-pyrrole nitrogens is 1. The van der Waals surface area contributed by atoms with Crippen LogP contribution in [0, 0.1) is 17.2 Å². The number of piperidine rings is 1. The molecule has 0 aliphatic carbocycles. The van der Waals surface area contributed by atoms with Crippen molar-refractivity contribution in [3.63, 3.8) is 0 Å². The first kappa shape index (κ1) is 26.8. The second kappa shape index (κ2) is 12.0. The Morgan fingerprint density at radius 3 is 2.52 bits per heavy atom. The van der Waals surface area contributed by atoms with Gasteiger partial charge in [0.15, 0.2) is 0 Å². The number of amidine groups is 1. The highest BCUT2D eigenvalue weighted by Crippen LogP contribution is 2.25. The number of aromatic nitrogens is 4. The lowest BCUT2D eigenvalue weighted by Crippen LogP contribution is -2.49. The molecule has 2 saturated heterocycles. The number of hydrogen-bond acceptors (Lipinski definition) is 11. The second-order valence-electron chi connectivity index (χ2n) is 9.96. The standard InChI is InChI=1S/C26H32N12O2/c27-8-5-21(39)37-11-13-38(14-12-37)26-32-20-15-30-35-25(40)22(20)24(33-26)31-19-3-1-17(2-4-19)16-36-9-6-18(7-10-36)23(28)34-29/h1-4,15,18H,5-7,9-14,16,29H2,(H2,28,34)(H,35,40)(H,31,32,33). The minimum atomic E-state index is -0.390. The van der Waals surface area contributed by atoms with E-state index in [0.29, 0.717) is 54.7 Å². The predicted molar refractivity (Wildman–Crippen MR) is 151 cm³/mol. The molecule has 4 heterocycles. The molecule has 0 spiro atoms. The highest BCUT2D eigenvalue weighted by molar-refractivity contribution is 5.90. The summed E-state index contributed by atoms with van der Waals surface area (Å²) >= 11 is 0. The van der Waals surface area contributed by atoms with Gasteiger partial charge in [-0.2, -0.15) is 20.4 Å². The first-order valence-electron chi connectivity index (χ1n) is 13.2. The number of hydrogen-bond donors (Lipinski definition) is 4. The smallest absolute Gasteiger partial charge is 0.277 e. The lowest BCUT2D eigenvalue weighted by molar-refractivity contribution is -0.130. The molecule has 2 aliphatic rings. The number of piperazine rings is 1. The molecule has 1 amide bonds. The predicted octanol–water partition coefficient (Wildman–Crippen LogP) is 0.462. The van der Waals surface area contributed by atoms with Crippen molar-refractivity contribution < 1.29 is 4.79 Å². The maximum Gasteiger partial charge on any atom is 0.277 e. The summed E-state index contributed by atoms with van der Waals surface area (Å²) < 4.78 is 0. The SMILES string of the molecule is N#CCC(=O)N1CCN(c2nc(Nc3ccc(CN4CCC(/C(N)=N/N)CC4)cc3)c3c(=O)[nH]ncc3n2)CC1. The molecule has 40 heavy (non-hydrogen) atoms. The van der Waals surface area contributed by atoms with Crippen LogP contribution < -0.4 is 27.4 Å². The highest BCUT2D eigenvalue weighted by atomic mass is 16.2. The molecule has 3 aromatic rings. The Balaban J connectivity index is 1.29. The third-order valence-electron chi connectivity index (χ3n) is 7.43. The van der Waals surface area contributed by atoms with Gasteiger partial charge < -0.3 is 26.7 Å². The van der Waals surface area contributed by atoms with Gasteiger partial charge in [0.1, 0.15) is 29.0 Å². The molecule has 6 N–H and O–H groups in total. The number of nitrogens with zero attached hydrogens (tertiary/aromatic N) is 8. The van der Waals surface area contributed by atoms with Crippen LogP contribution in [0.1, 0.15) is 24.8 Å². The Labute approximate surface area is 230 Å². The minimum Gasteiger partial charge on any atom is -0.386 e. The van der Waals surface area contributed by atoms with Gasteiger partial charge in [-0.3, -0.25) is 14.5 Å². The maximum absolute atomic E-state index is 12.7. The van der Waals surface area contributed by atoms with Crippen molar-refractivity contribution in [1.82, 2.24) is 30.0 Å². The number of likely N-dealkylation sites (tertiary alicyclic amines) is 1. The number of hydrazone groups is 1. The van der Waals surface area contributed by atoms with Gasteiger partial charge in [0.2, 0.25) is 11.9 Å². The van der Waals surface area contributed by atoms with Gasteiger partial charge in [-0.15, -0.1) is 0 Å². The van der Waals surface area contributed by atoms with Crippen LogP contribution in [-0.2, 0) is 11.3 Å². The fourth-order valence-corrected chi connectivity index (χ4v) is 5.14. The number of fused-ring (bicyclic) bond motifs is 1. The van der Waals surface area contributed by atoms with E-state index >= 15 is 0 Å². The van der Waals surface area contributed by atoms with Crippen LogP contribution >= 0.6 is 0 Å². The molecule has 0 atom stereocenters. The zero-order chi connectivity index (χ0) is 28.1. The van der Waals surface area contributed by atoms with E-state index < -0.39 is 0 Å². The van der Waals surface area contributed by atoms with Crippen LogP contribution in [0.4, 0.5) is 17.5 Å². The summed E-state index contributed by atoms with van der Waals surface area (Å²) in [6.45, 7) is 4.62. The van der Waals surface area contributed by atoms with Gasteiger partial charge in [0.05, 0.1) is 12.3 Å². The fraction of sp³-hybridized carbons (Fsp3) is 0.423. The molecule has 2 aliphatic heterocycles. The third kappa shape index (κ3) is 5.94. The van der Waals surface area contributed by atoms with Crippen molar-refractivity contribution in [2.45, 2.75) is 25.8 Å². The van der Waals surface area contributed by atoms with Crippen LogP contribution in [0.5, 0.6) is 0 Å². The number of nitriles is 1. The lowest BCUT2D eigenvalue weighted by Gasteiger charge is -2.34. The molecular weight excluding hydrogens is 512 g/mol. The van der Waals surface area contributed by atoms with Crippen molar-refractivity contribution in [2.24, 2.45) is 22.6 Å². The number of nitrogens with two attached hydrogens (primary N) is 2. The monoisotopic (exact) mass is 544 g/mol. The molecule has 0 radical (unpaired) electrons. The second-order valence-corrected chi connectivity index (χ2v) is 9.96. The summed E-state index contributed by atoms with van der Waals surface area (Å²) in [7, 11) is 0. The largest absolute Gasteiger partial charge is 0.386 e. The van der Waals surface area contributed by atoms with E-state index in [0.717, 1.165) is 38.2 Å². The number of nitrogens with one attached hydrogen (secondary N) is 2. The number of amides is 1. The Kier molecular flexibility index (Phi) is 8.02. The zero-order valence-corrected chi connectivity index (χ0v) is 22.1. The first-order valence-corrected chi connectivity index (χ1v) is 13.2. The number of rotatable bonds is 7. The van der Waals surface area contributed by atoms with Crippen molar-refractivity contribution in [1.29, 1.82) is 5.26 Å². The Bertz CT molecular complexity index is 1480. The van der Waals surface area contributed by atoms with Crippen LogP contribution in [0.15, 0.2) is 40.4 Å². The van der Waals surface area contributed by atoms with Gasteiger partial charge in [-0.1, -0.05) is 12.1 Å². The van der Waals surface area contributed by atoms with Crippen LogP contribution in [-0.4, -0.2) is 81.0 Å². The third-order valence-corrected chi connectivity index (χ3v) is 7.43.